The van der Waals surface area contributed by atoms with E-state index in [1.165, 1.54) is 6.20 Å². The van der Waals surface area contributed by atoms with E-state index in [0.29, 0.717) is 5.56 Å². The number of hydrogen-bond donors (Lipinski definition) is 0. The first kappa shape index (κ1) is 50.4. The lowest BCUT2D eigenvalue weighted by molar-refractivity contribution is -0.683. The molecule has 1 aliphatic carbocycles. The second kappa shape index (κ2) is 19.3. The van der Waals surface area contributed by atoms with Crippen molar-refractivity contribution in [3.63, 3.8) is 0 Å². The lowest BCUT2D eigenvalue weighted by Gasteiger charge is -2.44. The fourth-order valence-corrected chi connectivity index (χ4v) is 7.61. The highest BCUT2D eigenvalue weighted by Crippen LogP contribution is 2.31. The topological polar surface area (TPSA) is 60.1 Å². The number of rotatable bonds is 9. The molecule has 1 heterocycles. The molecule has 1 saturated carbocycles. The molecular formula is C42H19BF20N2O3. The highest BCUT2D eigenvalue weighted by Gasteiger charge is 2.52. The minimum Gasteiger partial charge on any atom is -0.457 e. The van der Waals surface area contributed by atoms with Crippen molar-refractivity contribution in [1.29, 1.82) is 0 Å². The van der Waals surface area contributed by atoms with Crippen LogP contribution >= 0.6 is 0 Å². The SMILES string of the molecule is Fc1c(F)c(F)c([B-](c2c(F)c(F)c(F)c(F)c2F)(c2c(F)c(F)c(F)c(F)c2F)c2c(F)c(F)c(F)c(F)c2F)c(F)c1F.O=C(C[n+]1ccnc(C(=O)OC2CCCC2)c1)c1ccccc1. The van der Waals surface area contributed by atoms with Gasteiger partial charge >= 0.3 is 5.97 Å². The number of aromatic nitrogens is 2. The van der Waals surface area contributed by atoms with Gasteiger partial charge in [-0.1, -0.05) is 30.3 Å². The Balaban J connectivity index is 0.000000276. The number of benzene rings is 5. The van der Waals surface area contributed by atoms with Gasteiger partial charge in [0.1, 0.15) is 58.8 Å². The molecule has 358 valence electrons. The summed E-state index contributed by atoms with van der Waals surface area (Å²) in [7, 11) is 0. The zero-order valence-corrected chi connectivity index (χ0v) is 33.0. The molecule has 26 heteroatoms. The Morgan fingerprint density at radius 2 is 0.794 bits per heavy atom. The van der Waals surface area contributed by atoms with Gasteiger partial charge in [0.2, 0.25) is 24.2 Å². The molecule has 1 aromatic heterocycles. The summed E-state index contributed by atoms with van der Waals surface area (Å²) in [4.78, 5) is 28.4. The molecule has 0 spiro atoms. The Labute approximate surface area is 366 Å². The van der Waals surface area contributed by atoms with Crippen LogP contribution in [0.4, 0.5) is 87.8 Å². The van der Waals surface area contributed by atoms with Crippen LogP contribution in [0.15, 0.2) is 48.9 Å². The molecule has 0 radical (unpaired) electrons. The highest BCUT2D eigenvalue weighted by molar-refractivity contribution is 7.20. The number of nitrogens with zero attached hydrogens (tertiary/aromatic N) is 2. The number of carbonyl (C=O) groups is 2. The van der Waals surface area contributed by atoms with Gasteiger partial charge in [-0.05, 0) is 25.7 Å². The highest BCUT2D eigenvalue weighted by atomic mass is 19.2. The van der Waals surface area contributed by atoms with Crippen LogP contribution in [0.5, 0.6) is 0 Å². The lowest BCUT2D eigenvalue weighted by Crippen LogP contribution is -2.81. The summed E-state index contributed by atoms with van der Waals surface area (Å²) in [6.45, 7) is 0.163. The molecule has 0 aliphatic heterocycles. The van der Waals surface area contributed by atoms with Crippen LogP contribution in [-0.2, 0) is 11.3 Å². The first-order valence-corrected chi connectivity index (χ1v) is 18.8. The molecule has 1 fully saturated rings. The molecule has 6 aromatic rings. The summed E-state index contributed by atoms with van der Waals surface area (Å²) >= 11 is 0. The molecule has 0 atom stereocenters. The largest absolute Gasteiger partial charge is 0.457 e. The molecule has 0 unspecified atom stereocenters. The summed E-state index contributed by atoms with van der Waals surface area (Å²) < 4.78 is 301. The molecule has 5 nitrogen and oxygen atoms in total. The van der Waals surface area contributed by atoms with Gasteiger partial charge in [-0.3, -0.25) is 4.79 Å². The average molecular weight is 990 g/mol. The predicted molar refractivity (Wildman–Crippen MR) is 192 cm³/mol. The maximum Gasteiger partial charge on any atom is 0.363 e. The maximum atomic E-state index is 15.4. The second-order valence-corrected chi connectivity index (χ2v) is 14.5. The first-order chi connectivity index (χ1) is 31.9. The molecule has 1 aliphatic rings. The van der Waals surface area contributed by atoms with Gasteiger partial charge in [0, 0.05) is 5.56 Å². The van der Waals surface area contributed by atoms with Crippen LogP contribution in [0.2, 0.25) is 0 Å². The smallest absolute Gasteiger partial charge is 0.363 e. The molecule has 7 rings (SSSR count). The molecule has 5 aromatic carbocycles. The monoisotopic (exact) mass is 990 g/mol. The fraction of sp³-hybridized carbons (Fsp3) is 0.143. The average Bonchev–Trinajstić information content (AvgIpc) is 3.85. The van der Waals surface area contributed by atoms with Crippen LogP contribution in [0.25, 0.3) is 0 Å². The van der Waals surface area contributed by atoms with Crippen LogP contribution in [0, 0.1) is 116 Å². The van der Waals surface area contributed by atoms with E-state index < -0.39 is 150 Å². The van der Waals surface area contributed by atoms with E-state index in [1.54, 1.807) is 29.1 Å². The van der Waals surface area contributed by atoms with Gasteiger partial charge in [0.15, 0.2) is 76.0 Å². The van der Waals surface area contributed by atoms with Crippen molar-refractivity contribution in [3.05, 3.63) is 177 Å². The van der Waals surface area contributed by atoms with Gasteiger partial charge in [-0.25, -0.2) is 97.6 Å². The maximum absolute atomic E-state index is 15.4. The standard InChI is InChI=1S/C24BF20.C18H19N2O3/c26-5-1(6(27)14(35)21(42)13(5)34)25(2-7(28)15(36)22(43)16(37)8(2)29,3-9(30)17(38)23(44)18(39)10(3)31)4-11(32)19(40)24(45)20(41)12(4)33;21-17(14-6-2-1-3-7-14)13-20-11-10-19-16(12-20)18(22)23-15-8-4-5-9-15/h;1-3,6-7,10-12,15H,4-5,8-9,13H2/q-1;+1. The number of esters is 1. The van der Waals surface area contributed by atoms with Crippen molar-refractivity contribution in [2.45, 2.75) is 38.3 Å². The third kappa shape index (κ3) is 8.36. The van der Waals surface area contributed by atoms with E-state index in [-0.39, 0.29) is 24.1 Å². The summed E-state index contributed by atoms with van der Waals surface area (Å²) in [5, 5.41) is 0. The van der Waals surface area contributed by atoms with Crippen molar-refractivity contribution >= 4 is 39.7 Å². The Hall–Kier alpha value is -7.02. The van der Waals surface area contributed by atoms with Crippen molar-refractivity contribution in [3.8, 4) is 0 Å². The normalized spacial score (nSPS) is 12.9. The number of Topliss-reactive ketones (excluding diaryl/α,β-unsaturated/α-hetero) is 1. The molecule has 0 amide bonds. The lowest BCUT2D eigenvalue weighted by atomic mass is 9.12. The molecule has 68 heavy (non-hydrogen) atoms. The Morgan fingerprint density at radius 1 is 0.485 bits per heavy atom. The van der Waals surface area contributed by atoms with Gasteiger partial charge in [0.05, 0.1) is 6.20 Å². The van der Waals surface area contributed by atoms with E-state index in [1.807, 2.05) is 18.2 Å². The van der Waals surface area contributed by atoms with Crippen LogP contribution in [0.1, 0.15) is 46.5 Å². The first-order valence-electron chi connectivity index (χ1n) is 18.8. The number of hydrogen-bond acceptors (Lipinski definition) is 4. The second-order valence-electron chi connectivity index (χ2n) is 14.5. The number of carbonyl (C=O) groups excluding carboxylic acids is 2. The van der Waals surface area contributed by atoms with Crippen molar-refractivity contribution < 1.29 is 107 Å². The minimum absolute atomic E-state index is 0.00362. The van der Waals surface area contributed by atoms with Crippen LogP contribution in [-0.4, -0.2) is 29.0 Å². The van der Waals surface area contributed by atoms with E-state index in [9.17, 15) is 62.3 Å². The zero-order valence-electron chi connectivity index (χ0n) is 33.0. The van der Waals surface area contributed by atoms with Gasteiger partial charge < -0.3 is 4.74 Å². The summed E-state index contributed by atoms with van der Waals surface area (Å²) in [5.74, 6) is -71.8. The minimum atomic E-state index is -7.22. The third-order valence-electron chi connectivity index (χ3n) is 10.7. The fourth-order valence-electron chi connectivity index (χ4n) is 7.61. The molecule has 0 N–H and O–H groups in total. The molecule has 0 saturated heterocycles. The van der Waals surface area contributed by atoms with Crippen molar-refractivity contribution in [2.75, 3.05) is 0 Å². The molecule has 0 bridgehead atoms. The predicted octanol–water partition coefficient (Wildman–Crippen LogP) is 8.20. The summed E-state index contributed by atoms with van der Waals surface area (Å²) in [6.07, 6.45) is 1.59. The van der Waals surface area contributed by atoms with E-state index >= 15 is 35.1 Å². The van der Waals surface area contributed by atoms with E-state index in [0.717, 1.165) is 25.7 Å². The van der Waals surface area contributed by atoms with E-state index in [2.05, 4.69) is 4.98 Å². The Kier molecular flexibility index (Phi) is 14.3. The van der Waals surface area contributed by atoms with Gasteiger partial charge in [-0.15, -0.1) is 21.9 Å². The zero-order chi connectivity index (χ0) is 50.4. The van der Waals surface area contributed by atoms with Gasteiger partial charge in [-0.2, -0.15) is 4.57 Å². The van der Waals surface area contributed by atoms with E-state index in [4.69, 9.17) is 4.74 Å². The van der Waals surface area contributed by atoms with Gasteiger partial charge in [0.25, 0.3) is 0 Å². The summed E-state index contributed by atoms with van der Waals surface area (Å²) in [5.41, 5.74) is -13.4. The number of ketones is 1. The Morgan fingerprint density at radius 3 is 1.12 bits per heavy atom. The van der Waals surface area contributed by atoms with Crippen LogP contribution in [0.3, 0.4) is 0 Å². The third-order valence-corrected chi connectivity index (χ3v) is 10.7. The Bertz CT molecular complexity index is 2640. The van der Waals surface area contributed by atoms with Crippen LogP contribution < -0.4 is 26.4 Å². The number of halogens is 20. The van der Waals surface area contributed by atoms with Crippen molar-refractivity contribution in [2.24, 2.45) is 0 Å². The quantitative estimate of drug-likeness (QED) is 0.0279. The van der Waals surface area contributed by atoms with Crippen molar-refractivity contribution in [1.82, 2.24) is 4.98 Å². The molecular weight excluding hydrogens is 971 g/mol. The summed E-state index contributed by atoms with van der Waals surface area (Å²) in [6, 6.07) is 9.08. The number of ether oxygens (including phenoxy) is 1.